The van der Waals surface area contributed by atoms with Crippen molar-refractivity contribution in [3.63, 3.8) is 0 Å². The van der Waals surface area contributed by atoms with Gasteiger partial charge in [0.15, 0.2) is 6.19 Å². The number of carbonyl (C=O) groups is 1. The number of hydrogen-bond acceptors (Lipinski definition) is 5. The Morgan fingerprint density at radius 2 is 2.08 bits per heavy atom. The van der Waals surface area contributed by atoms with Gasteiger partial charge in [-0.05, 0) is 37.8 Å². The van der Waals surface area contributed by atoms with Crippen LogP contribution in [0.2, 0.25) is 0 Å². The molecule has 0 spiro atoms. The van der Waals surface area contributed by atoms with Crippen LogP contribution in [0, 0.1) is 11.5 Å². The fourth-order valence-corrected chi connectivity index (χ4v) is 2.59. The molecule has 2 N–H and O–H groups in total. The number of guanidine groups is 1. The zero-order valence-electron chi connectivity index (χ0n) is 15.0. The van der Waals surface area contributed by atoms with Crippen LogP contribution in [0.1, 0.15) is 44.9 Å². The Labute approximate surface area is 154 Å². The molecule has 1 aromatic heterocycles. The number of aromatic nitrogens is 1. The number of anilines is 1. The lowest BCUT2D eigenvalue weighted by Gasteiger charge is -2.25. The van der Waals surface area contributed by atoms with E-state index in [2.05, 4.69) is 20.6 Å². The minimum absolute atomic E-state index is 0.0878. The average molecular weight is 358 g/mol. The van der Waals surface area contributed by atoms with E-state index in [0.29, 0.717) is 32.1 Å². The monoisotopic (exact) mass is 358 g/mol. The summed E-state index contributed by atoms with van der Waals surface area (Å²) in [6, 6.07) is 3.61. The summed E-state index contributed by atoms with van der Waals surface area (Å²) < 4.78 is 0. The Morgan fingerprint density at radius 3 is 2.81 bits per heavy atom. The third-order valence-corrected chi connectivity index (χ3v) is 3.97. The number of amides is 1. The van der Waals surface area contributed by atoms with Gasteiger partial charge in [-0.2, -0.15) is 5.26 Å². The average Bonchev–Trinajstić information content (AvgIpc) is 2.68. The summed E-state index contributed by atoms with van der Waals surface area (Å²) in [7, 11) is 0. The molecule has 1 amide bonds. The van der Waals surface area contributed by atoms with Crippen molar-refractivity contribution in [3.8, 4) is 6.19 Å². The number of nitrogens with one attached hydrogen (secondary N) is 2. The van der Waals surface area contributed by atoms with E-state index in [9.17, 15) is 4.79 Å². The predicted octanol–water partition coefficient (Wildman–Crippen LogP) is 2.42. The molecule has 1 aliphatic rings. The SMILES string of the molecule is N#CNC(=NCCCCCCC(=O)N1CCCCO1)Nc1ccncc1. The quantitative estimate of drug-likeness (QED) is 0.243. The maximum Gasteiger partial charge on any atom is 0.246 e. The van der Waals surface area contributed by atoms with E-state index < -0.39 is 0 Å². The Bertz CT molecular complexity index is 608. The molecule has 2 rings (SSSR count). The first-order valence-corrected chi connectivity index (χ1v) is 9.09. The summed E-state index contributed by atoms with van der Waals surface area (Å²) in [5, 5.41) is 15.9. The molecule has 0 atom stereocenters. The Balaban J connectivity index is 1.59. The van der Waals surface area contributed by atoms with Gasteiger partial charge in [0.05, 0.1) is 6.61 Å². The minimum Gasteiger partial charge on any atom is -0.325 e. The fraction of sp³-hybridized carbons (Fsp3) is 0.556. The number of aliphatic imine (C=N–C) groups is 1. The van der Waals surface area contributed by atoms with Crippen LogP contribution in [0.3, 0.4) is 0 Å². The van der Waals surface area contributed by atoms with Gasteiger partial charge in [-0.3, -0.25) is 24.9 Å². The van der Waals surface area contributed by atoms with Gasteiger partial charge in [-0.25, -0.2) is 5.06 Å². The summed E-state index contributed by atoms with van der Waals surface area (Å²) in [6.07, 6.45) is 11.5. The number of carbonyl (C=O) groups excluding carboxylic acids is 1. The lowest BCUT2D eigenvalue weighted by molar-refractivity contribution is -0.197. The molecule has 0 unspecified atom stereocenters. The standard InChI is InChI=1S/C18H26N6O2/c19-15-22-18(23-16-8-11-20-12-9-16)21-10-4-2-1-3-7-17(25)24-13-5-6-14-26-24/h8-9,11-12H,1-7,10,13-14H2,(H2,20,21,22,23). The van der Waals surface area contributed by atoms with E-state index >= 15 is 0 Å². The summed E-state index contributed by atoms with van der Waals surface area (Å²) >= 11 is 0. The van der Waals surface area contributed by atoms with E-state index in [1.54, 1.807) is 24.5 Å². The lowest BCUT2D eigenvalue weighted by Crippen LogP contribution is -2.35. The highest BCUT2D eigenvalue weighted by Gasteiger charge is 2.16. The van der Waals surface area contributed by atoms with Crippen molar-refractivity contribution in [3.05, 3.63) is 24.5 Å². The number of pyridine rings is 1. The molecule has 8 nitrogen and oxygen atoms in total. The van der Waals surface area contributed by atoms with Gasteiger partial charge in [0.25, 0.3) is 0 Å². The van der Waals surface area contributed by atoms with Gasteiger partial charge in [0.1, 0.15) is 0 Å². The van der Waals surface area contributed by atoms with Crippen molar-refractivity contribution in [2.75, 3.05) is 25.0 Å². The molecule has 26 heavy (non-hydrogen) atoms. The smallest absolute Gasteiger partial charge is 0.246 e. The Kier molecular flexibility index (Phi) is 8.94. The van der Waals surface area contributed by atoms with Gasteiger partial charge in [-0.15, -0.1) is 0 Å². The first kappa shape index (κ1) is 19.7. The van der Waals surface area contributed by atoms with Crippen LogP contribution in [0.15, 0.2) is 29.5 Å². The molecule has 0 saturated carbocycles. The number of unbranched alkanes of at least 4 members (excludes halogenated alkanes) is 3. The molecule has 0 bridgehead atoms. The van der Waals surface area contributed by atoms with E-state index in [1.165, 1.54) is 5.06 Å². The van der Waals surface area contributed by atoms with E-state index in [1.807, 2.05) is 6.19 Å². The highest BCUT2D eigenvalue weighted by Crippen LogP contribution is 2.11. The number of hydrogen-bond donors (Lipinski definition) is 2. The highest BCUT2D eigenvalue weighted by molar-refractivity contribution is 5.94. The molecule has 0 radical (unpaired) electrons. The second kappa shape index (κ2) is 11.8. The number of nitrogens with zero attached hydrogens (tertiary/aromatic N) is 4. The topological polar surface area (TPSA) is 103 Å². The molecular formula is C18H26N6O2. The lowest BCUT2D eigenvalue weighted by atomic mass is 10.1. The van der Waals surface area contributed by atoms with Crippen LogP contribution in [-0.4, -0.2) is 41.6 Å². The summed E-state index contributed by atoms with van der Waals surface area (Å²) in [5.74, 6) is 0.515. The van der Waals surface area contributed by atoms with Gasteiger partial charge < -0.3 is 5.32 Å². The molecular weight excluding hydrogens is 332 g/mol. The molecule has 0 aromatic carbocycles. The second-order valence-electron chi connectivity index (χ2n) is 6.03. The summed E-state index contributed by atoms with van der Waals surface area (Å²) in [6.45, 7) is 1.98. The van der Waals surface area contributed by atoms with E-state index in [0.717, 1.165) is 44.2 Å². The van der Waals surface area contributed by atoms with Crippen LogP contribution in [0.25, 0.3) is 0 Å². The van der Waals surface area contributed by atoms with Gasteiger partial charge >= 0.3 is 0 Å². The zero-order chi connectivity index (χ0) is 18.5. The first-order valence-electron chi connectivity index (χ1n) is 9.09. The molecule has 140 valence electrons. The molecule has 1 fully saturated rings. The normalized spacial score (nSPS) is 14.6. The minimum atomic E-state index is 0.0878. The van der Waals surface area contributed by atoms with Crippen molar-refractivity contribution in [2.24, 2.45) is 4.99 Å². The largest absolute Gasteiger partial charge is 0.325 e. The molecule has 1 aliphatic heterocycles. The van der Waals surface area contributed by atoms with E-state index in [4.69, 9.17) is 10.1 Å². The van der Waals surface area contributed by atoms with Crippen LogP contribution < -0.4 is 10.6 Å². The molecule has 0 aliphatic carbocycles. The number of rotatable bonds is 8. The van der Waals surface area contributed by atoms with Crippen molar-refractivity contribution in [2.45, 2.75) is 44.9 Å². The van der Waals surface area contributed by atoms with Crippen LogP contribution in [0.5, 0.6) is 0 Å². The maximum atomic E-state index is 11.9. The number of hydroxylamine groups is 2. The summed E-state index contributed by atoms with van der Waals surface area (Å²) in [5.41, 5.74) is 0.819. The van der Waals surface area contributed by atoms with Gasteiger partial charge in [0, 0.05) is 37.6 Å². The molecule has 8 heteroatoms. The van der Waals surface area contributed by atoms with E-state index in [-0.39, 0.29) is 5.91 Å². The van der Waals surface area contributed by atoms with Crippen LogP contribution in [-0.2, 0) is 9.63 Å². The maximum absolute atomic E-state index is 11.9. The third kappa shape index (κ3) is 7.49. The second-order valence-corrected chi connectivity index (χ2v) is 6.03. The van der Waals surface area contributed by atoms with Crippen molar-refractivity contribution < 1.29 is 9.63 Å². The zero-order valence-corrected chi connectivity index (χ0v) is 15.0. The molecule has 1 aromatic rings. The third-order valence-electron chi connectivity index (χ3n) is 3.97. The van der Waals surface area contributed by atoms with Crippen LogP contribution in [0.4, 0.5) is 5.69 Å². The van der Waals surface area contributed by atoms with Crippen LogP contribution >= 0.6 is 0 Å². The first-order chi connectivity index (χ1) is 12.8. The van der Waals surface area contributed by atoms with Crippen molar-refractivity contribution in [1.82, 2.24) is 15.4 Å². The summed E-state index contributed by atoms with van der Waals surface area (Å²) in [4.78, 5) is 25.6. The van der Waals surface area contributed by atoms with Gasteiger partial charge in [-0.1, -0.05) is 12.8 Å². The fourth-order valence-electron chi connectivity index (χ4n) is 2.59. The van der Waals surface area contributed by atoms with Gasteiger partial charge in [0.2, 0.25) is 11.9 Å². The van der Waals surface area contributed by atoms with Crippen molar-refractivity contribution >= 4 is 17.6 Å². The Morgan fingerprint density at radius 1 is 1.27 bits per heavy atom. The number of nitriles is 1. The predicted molar refractivity (Wildman–Crippen MR) is 98.9 cm³/mol. The Hall–Kier alpha value is -2.66. The van der Waals surface area contributed by atoms with Crippen molar-refractivity contribution in [1.29, 1.82) is 5.26 Å². The molecule has 2 heterocycles. The highest BCUT2D eigenvalue weighted by atomic mass is 16.7. The molecule has 1 saturated heterocycles.